The molecule has 2 N–H and O–H groups in total. The van der Waals surface area contributed by atoms with Crippen LogP contribution in [0.25, 0.3) is 53.8 Å². The third-order valence-corrected chi connectivity index (χ3v) is 13.5. The largest absolute Gasteiger partial charge is 0.494 e. The molecule has 352 valence electrons. The number of aryl methyl sites for hydroxylation is 3. The third-order valence-electron chi connectivity index (χ3n) is 11.4. The standard InChI is InChI=1S/C27H26N2O4S.C26H27NO6S/c1-18-28-23-16-19(9-11-26(23)34-18)32-14-4-5-15-33-20-8-10-22-21-6-2-3-7-24(21)29(25(22)17-20)13-12-27(30)31;1-34(30,31)25-11-5-4-10-24(25)33-17-7-6-16-32-19-12-13-21-20-8-2-3-9-22(20)27(23(21)18-19)15-14-26(28)29/h2-3,6-11,16-17H,4-5,12-15H2,1H3,(H,30,31);2-5,8-13,18H,6-7,14-17H2,1H3,(H,28,29). The van der Waals surface area contributed by atoms with Crippen LogP contribution < -0.4 is 18.9 Å². The van der Waals surface area contributed by atoms with Crippen LogP contribution in [0.15, 0.2) is 132 Å². The number of ether oxygens (including phenoxy) is 4. The Kier molecular flexibility index (Phi) is 15.1. The highest BCUT2D eigenvalue weighted by Crippen LogP contribution is 2.34. The minimum Gasteiger partial charge on any atom is -0.494 e. The average Bonchev–Trinajstić information content (AvgIpc) is 3.97. The highest BCUT2D eigenvalue weighted by Gasteiger charge is 2.16. The SMILES string of the molecule is CS(=O)(=O)c1ccccc1OCCCCOc1ccc2c3ccccc3n(CCC(=O)O)c2c1.Cc1nc2cc(OCCCCOc3ccc4c5ccccc5n(CCC(=O)O)c4c3)ccc2s1. The fraction of sp³-hybridized carbons (Fsp3) is 0.264. The molecule has 13 nitrogen and oxygen atoms in total. The summed E-state index contributed by atoms with van der Waals surface area (Å²) >= 11 is 1.69. The van der Waals surface area contributed by atoms with E-state index in [2.05, 4.69) is 27.8 Å². The predicted molar refractivity (Wildman–Crippen MR) is 268 cm³/mol. The van der Waals surface area contributed by atoms with Crippen molar-refractivity contribution in [1.29, 1.82) is 0 Å². The van der Waals surface area contributed by atoms with Crippen LogP contribution in [0.3, 0.4) is 0 Å². The number of nitrogens with zero attached hydrogens (tertiary/aromatic N) is 3. The van der Waals surface area contributed by atoms with Gasteiger partial charge in [-0.2, -0.15) is 0 Å². The normalized spacial score (nSPS) is 11.6. The maximum Gasteiger partial charge on any atom is 0.305 e. The van der Waals surface area contributed by atoms with Gasteiger partial charge < -0.3 is 38.3 Å². The molecule has 0 amide bonds. The van der Waals surface area contributed by atoms with E-state index in [1.54, 1.807) is 35.6 Å². The van der Waals surface area contributed by atoms with Gasteiger partial charge in [-0.3, -0.25) is 9.59 Å². The molecule has 9 rings (SSSR count). The lowest BCUT2D eigenvalue weighted by molar-refractivity contribution is -0.138. The molecular formula is C53H53N3O10S2. The van der Waals surface area contributed by atoms with Crippen molar-refractivity contribution in [2.75, 3.05) is 32.7 Å². The molecule has 0 aliphatic rings. The number of sulfone groups is 1. The Bertz CT molecular complexity index is 3340. The number of carboxylic acid groups (broad SMARTS) is 2. The Labute approximate surface area is 398 Å². The number of para-hydroxylation sites is 3. The number of fused-ring (bicyclic) bond motifs is 7. The van der Waals surface area contributed by atoms with E-state index in [-0.39, 0.29) is 17.7 Å². The number of carboxylic acids is 2. The summed E-state index contributed by atoms with van der Waals surface area (Å²) in [5.74, 6) is 1.08. The molecule has 0 bridgehead atoms. The molecule has 6 aromatic carbocycles. The third kappa shape index (κ3) is 11.5. The van der Waals surface area contributed by atoms with E-state index in [0.717, 1.165) is 90.6 Å². The molecule has 0 radical (unpaired) electrons. The summed E-state index contributed by atoms with van der Waals surface area (Å²) in [6.45, 7) is 4.91. The first-order chi connectivity index (χ1) is 32.9. The fourth-order valence-corrected chi connectivity index (χ4v) is 9.91. The van der Waals surface area contributed by atoms with E-state index in [1.807, 2.05) is 96.4 Å². The summed E-state index contributed by atoms with van der Waals surface area (Å²) in [5, 5.41) is 23.7. The number of rotatable bonds is 21. The maximum absolute atomic E-state index is 11.9. The van der Waals surface area contributed by atoms with Crippen molar-refractivity contribution in [3.8, 4) is 23.0 Å². The zero-order valence-electron chi connectivity index (χ0n) is 37.9. The molecule has 0 atom stereocenters. The van der Waals surface area contributed by atoms with Gasteiger partial charge >= 0.3 is 11.9 Å². The molecular weight excluding hydrogens is 903 g/mol. The van der Waals surface area contributed by atoms with Crippen molar-refractivity contribution < 1.29 is 47.2 Å². The smallest absolute Gasteiger partial charge is 0.305 e. The molecule has 68 heavy (non-hydrogen) atoms. The van der Waals surface area contributed by atoms with Gasteiger partial charge in [0.2, 0.25) is 0 Å². The van der Waals surface area contributed by atoms with Crippen molar-refractivity contribution >= 4 is 86.9 Å². The summed E-state index contributed by atoms with van der Waals surface area (Å²) in [6, 6.07) is 40.7. The molecule has 0 aliphatic carbocycles. The van der Waals surface area contributed by atoms with E-state index in [9.17, 15) is 18.0 Å². The molecule has 0 saturated heterocycles. The van der Waals surface area contributed by atoms with Crippen LogP contribution in [-0.2, 0) is 32.5 Å². The second-order valence-electron chi connectivity index (χ2n) is 16.4. The highest BCUT2D eigenvalue weighted by molar-refractivity contribution is 7.90. The van der Waals surface area contributed by atoms with Gasteiger partial charge in [-0.15, -0.1) is 11.3 Å². The van der Waals surface area contributed by atoms with Crippen LogP contribution in [0.2, 0.25) is 0 Å². The minimum atomic E-state index is -3.34. The van der Waals surface area contributed by atoms with E-state index < -0.39 is 21.8 Å². The first kappa shape index (κ1) is 47.4. The van der Waals surface area contributed by atoms with Gasteiger partial charge in [-0.25, -0.2) is 13.4 Å². The van der Waals surface area contributed by atoms with Crippen molar-refractivity contribution in [3.05, 3.63) is 132 Å². The summed E-state index contributed by atoms with van der Waals surface area (Å²) in [5.41, 5.74) is 4.97. The van der Waals surface area contributed by atoms with Crippen LogP contribution in [0.1, 0.15) is 43.5 Å². The Hall–Kier alpha value is -7.10. The van der Waals surface area contributed by atoms with E-state index in [4.69, 9.17) is 29.2 Å². The second kappa shape index (κ2) is 21.7. The van der Waals surface area contributed by atoms with Gasteiger partial charge in [0.25, 0.3) is 0 Å². The van der Waals surface area contributed by atoms with Gasteiger partial charge in [0.1, 0.15) is 27.9 Å². The fourth-order valence-electron chi connectivity index (χ4n) is 8.28. The van der Waals surface area contributed by atoms with Gasteiger partial charge in [-0.1, -0.05) is 48.5 Å². The lowest BCUT2D eigenvalue weighted by Crippen LogP contribution is -2.06. The van der Waals surface area contributed by atoms with Gasteiger partial charge in [0.05, 0.1) is 65.5 Å². The minimum absolute atomic E-state index is 0.0430. The lowest BCUT2D eigenvalue weighted by atomic mass is 10.1. The van der Waals surface area contributed by atoms with E-state index in [1.165, 1.54) is 11.0 Å². The summed E-state index contributed by atoms with van der Waals surface area (Å²) in [6.07, 6.45) is 4.49. The molecule has 3 heterocycles. The monoisotopic (exact) mass is 955 g/mol. The number of benzene rings is 6. The predicted octanol–water partition coefficient (Wildman–Crippen LogP) is 11.3. The molecule has 0 spiro atoms. The quantitative estimate of drug-likeness (QED) is 0.0658. The molecule has 9 aromatic rings. The topological polar surface area (TPSA) is 168 Å². The Balaban J connectivity index is 0.000000184. The van der Waals surface area contributed by atoms with Crippen LogP contribution in [-0.4, -0.2) is 77.4 Å². The van der Waals surface area contributed by atoms with Crippen LogP contribution >= 0.6 is 11.3 Å². The van der Waals surface area contributed by atoms with E-state index in [0.29, 0.717) is 51.7 Å². The van der Waals surface area contributed by atoms with Crippen molar-refractivity contribution in [1.82, 2.24) is 14.1 Å². The number of hydrogen-bond donors (Lipinski definition) is 2. The maximum atomic E-state index is 11.9. The second-order valence-corrected chi connectivity index (χ2v) is 19.6. The van der Waals surface area contributed by atoms with Gasteiger partial charge in [-0.05, 0) is 93.3 Å². The molecule has 0 unspecified atom stereocenters. The van der Waals surface area contributed by atoms with Crippen molar-refractivity contribution in [2.24, 2.45) is 0 Å². The van der Waals surface area contributed by atoms with Crippen LogP contribution in [0.4, 0.5) is 0 Å². The number of thiazole rings is 1. The Morgan fingerprint density at radius 3 is 1.51 bits per heavy atom. The number of aromatic nitrogens is 3. The zero-order chi connectivity index (χ0) is 47.6. The summed E-state index contributed by atoms with van der Waals surface area (Å²) < 4.78 is 52.5. The van der Waals surface area contributed by atoms with E-state index >= 15 is 0 Å². The van der Waals surface area contributed by atoms with Crippen molar-refractivity contribution in [2.45, 2.75) is 63.4 Å². The Morgan fingerprint density at radius 1 is 0.559 bits per heavy atom. The molecule has 3 aromatic heterocycles. The first-order valence-corrected chi connectivity index (χ1v) is 25.3. The molecule has 0 fully saturated rings. The number of hydrogen-bond acceptors (Lipinski definition) is 10. The summed E-state index contributed by atoms with van der Waals surface area (Å²) in [4.78, 5) is 27.0. The average molecular weight is 956 g/mol. The van der Waals surface area contributed by atoms with Gasteiger partial charge in [0.15, 0.2) is 9.84 Å². The number of carbonyl (C=O) groups is 2. The molecule has 0 saturated carbocycles. The zero-order valence-corrected chi connectivity index (χ0v) is 39.6. The van der Waals surface area contributed by atoms with Gasteiger partial charge in [0, 0.05) is 70.1 Å². The van der Waals surface area contributed by atoms with Crippen LogP contribution in [0.5, 0.6) is 23.0 Å². The van der Waals surface area contributed by atoms with Crippen molar-refractivity contribution in [3.63, 3.8) is 0 Å². The lowest BCUT2D eigenvalue weighted by Gasteiger charge is -2.11. The molecule has 0 aliphatic heterocycles. The van der Waals surface area contributed by atoms with Crippen LogP contribution in [0, 0.1) is 6.92 Å². The summed E-state index contributed by atoms with van der Waals surface area (Å²) in [7, 11) is -3.34. The number of aliphatic carboxylic acids is 2. The highest BCUT2D eigenvalue weighted by atomic mass is 32.2. The Morgan fingerprint density at radius 2 is 1.00 bits per heavy atom. The number of unbranched alkanes of at least 4 members (excludes halogenated alkanes) is 2. The first-order valence-electron chi connectivity index (χ1n) is 22.6. The molecule has 15 heteroatoms.